The highest BCUT2D eigenvalue weighted by molar-refractivity contribution is 5.97. The van der Waals surface area contributed by atoms with Crippen LogP contribution in [0.5, 0.6) is 5.75 Å². The van der Waals surface area contributed by atoms with E-state index < -0.39 is 0 Å². The first-order chi connectivity index (χ1) is 7.61. The largest absolute Gasteiger partial charge is 0.496 e. The summed E-state index contributed by atoms with van der Waals surface area (Å²) in [7, 11) is 1.60. The topological polar surface area (TPSA) is 38.3 Å². The van der Waals surface area contributed by atoms with Crippen molar-refractivity contribution in [3.05, 3.63) is 28.8 Å². The van der Waals surface area contributed by atoms with Gasteiger partial charge in [0.15, 0.2) is 0 Å². The van der Waals surface area contributed by atoms with E-state index in [9.17, 15) is 4.79 Å². The first-order valence-corrected chi connectivity index (χ1v) is 5.58. The summed E-state index contributed by atoms with van der Waals surface area (Å²) in [6, 6.07) is 4.18. The molecule has 1 fully saturated rings. The van der Waals surface area contributed by atoms with Crippen molar-refractivity contribution < 1.29 is 9.53 Å². The highest BCUT2D eigenvalue weighted by atomic mass is 16.5. The fourth-order valence-corrected chi connectivity index (χ4v) is 1.63. The van der Waals surface area contributed by atoms with E-state index in [1.165, 1.54) is 0 Å². The number of methoxy groups -OCH3 is 1. The molecule has 3 heteroatoms. The number of benzene rings is 1. The maximum absolute atomic E-state index is 11.9. The van der Waals surface area contributed by atoms with Crippen LogP contribution in [0.2, 0.25) is 0 Å². The number of amides is 1. The Morgan fingerprint density at radius 2 is 1.94 bits per heavy atom. The van der Waals surface area contributed by atoms with Gasteiger partial charge in [0.1, 0.15) is 5.75 Å². The minimum absolute atomic E-state index is 0.0255. The van der Waals surface area contributed by atoms with E-state index in [-0.39, 0.29) is 5.91 Å². The average Bonchev–Trinajstić information content (AvgIpc) is 3.05. The third-order valence-corrected chi connectivity index (χ3v) is 2.97. The lowest BCUT2D eigenvalue weighted by Gasteiger charge is -2.11. The van der Waals surface area contributed by atoms with Gasteiger partial charge in [-0.1, -0.05) is 0 Å². The van der Waals surface area contributed by atoms with Gasteiger partial charge in [-0.15, -0.1) is 0 Å². The van der Waals surface area contributed by atoms with E-state index in [1.54, 1.807) is 7.11 Å². The highest BCUT2D eigenvalue weighted by Gasteiger charge is 2.25. The van der Waals surface area contributed by atoms with Crippen LogP contribution in [0.1, 0.15) is 34.3 Å². The first kappa shape index (κ1) is 11.0. The van der Waals surface area contributed by atoms with E-state index in [4.69, 9.17) is 4.74 Å². The van der Waals surface area contributed by atoms with Gasteiger partial charge in [0.2, 0.25) is 0 Å². The van der Waals surface area contributed by atoms with E-state index >= 15 is 0 Å². The molecule has 2 rings (SSSR count). The monoisotopic (exact) mass is 219 g/mol. The molecule has 1 aliphatic carbocycles. The van der Waals surface area contributed by atoms with E-state index in [0.29, 0.717) is 17.4 Å². The van der Waals surface area contributed by atoms with Crippen LogP contribution in [-0.2, 0) is 0 Å². The van der Waals surface area contributed by atoms with Gasteiger partial charge in [-0.25, -0.2) is 0 Å². The number of hydrogen-bond acceptors (Lipinski definition) is 2. The summed E-state index contributed by atoms with van der Waals surface area (Å²) in [4.78, 5) is 11.9. The predicted molar refractivity (Wildman–Crippen MR) is 63.0 cm³/mol. The normalized spacial score (nSPS) is 14.7. The summed E-state index contributed by atoms with van der Waals surface area (Å²) >= 11 is 0. The Morgan fingerprint density at radius 1 is 1.31 bits per heavy atom. The van der Waals surface area contributed by atoms with E-state index in [0.717, 1.165) is 24.0 Å². The predicted octanol–water partition coefficient (Wildman–Crippen LogP) is 2.20. The second-order valence-electron chi connectivity index (χ2n) is 4.38. The Labute approximate surface area is 95.8 Å². The highest BCUT2D eigenvalue weighted by Crippen LogP contribution is 2.25. The molecule has 0 unspecified atom stereocenters. The zero-order valence-electron chi connectivity index (χ0n) is 9.96. The molecule has 0 aromatic heterocycles. The molecule has 1 aliphatic rings. The van der Waals surface area contributed by atoms with Crippen molar-refractivity contribution in [2.24, 2.45) is 0 Å². The fraction of sp³-hybridized carbons (Fsp3) is 0.462. The van der Waals surface area contributed by atoms with Gasteiger partial charge in [-0.2, -0.15) is 0 Å². The van der Waals surface area contributed by atoms with Crippen LogP contribution in [-0.4, -0.2) is 19.1 Å². The maximum atomic E-state index is 11.9. The SMILES string of the molecule is COc1cc(C)c(C)cc1C(=O)NC1CC1. The van der Waals surface area contributed by atoms with Crippen LogP contribution in [0.25, 0.3) is 0 Å². The quantitative estimate of drug-likeness (QED) is 0.846. The second kappa shape index (κ2) is 4.16. The molecule has 1 saturated carbocycles. The van der Waals surface area contributed by atoms with Crippen molar-refractivity contribution in [2.75, 3.05) is 7.11 Å². The van der Waals surface area contributed by atoms with Crippen molar-refractivity contribution in [2.45, 2.75) is 32.7 Å². The fourth-order valence-electron chi connectivity index (χ4n) is 1.63. The van der Waals surface area contributed by atoms with Gasteiger partial charge >= 0.3 is 0 Å². The molecule has 0 saturated heterocycles. The molecule has 0 atom stereocenters. The third kappa shape index (κ3) is 2.18. The number of hydrogen-bond donors (Lipinski definition) is 1. The number of rotatable bonds is 3. The van der Waals surface area contributed by atoms with Crippen molar-refractivity contribution >= 4 is 5.91 Å². The molecular weight excluding hydrogens is 202 g/mol. The Morgan fingerprint density at radius 3 is 2.50 bits per heavy atom. The maximum Gasteiger partial charge on any atom is 0.255 e. The van der Waals surface area contributed by atoms with Crippen molar-refractivity contribution in [1.29, 1.82) is 0 Å². The second-order valence-corrected chi connectivity index (χ2v) is 4.38. The van der Waals surface area contributed by atoms with Gasteiger partial charge in [0.05, 0.1) is 12.7 Å². The summed E-state index contributed by atoms with van der Waals surface area (Å²) < 4.78 is 5.24. The van der Waals surface area contributed by atoms with Crippen LogP contribution in [0.15, 0.2) is 12.1 Å². The van der Waals surface area contributed by atoms with Crippen LogP contribution in [0, 0.1) is 13.8 Å². The minimum atomic E-state index is -0.0255. The summed E-state index contributed by atoms with van der Waals surface area (Å²) in [5.41, 5.74) is 2.89. The molecule has 0 bridgehead atoms. The molecular formula is C13H17NO2. The molecule has 86 valence electrons. The van der Waals surface area contributed by atoms with Gasteiger partial charge < -0.3 is 10.1 Å². The van der Waals surface area contributed by atoms with Gasteiger partial charge in [-0.05, 0) is 49.9 Å². The lowest BCUT2D eigenvalue weighted by atomic mass is 10.0. The zero-order valence-corrected chi connectivity index (χ0v) is 9.96. The molecule has 1 aromatic carbocycles. The van der Waals surface area contributed by atoms with Gasteiger partial charge in [-0.3, -0.25) is 4.79 Å². The molecule has 3 nitrogen and oxygen atoms in total. The summed E-state index contributed by atoms with van der Waals surface area (Å²) in [5, 5.41) is 2.97. The molecule has 1 amide bonds. The summed E-state index contributed by atoms with van der Waals surface area (Å²) in [6.45, 7) is 4.02. The lowest BCUT2D eigenvalue weighted by molar-refractivity contribution is 0.0948. The van der Waals surface area contributed by atoms with Crippen molar-refractivity contribution in [3.8, 4) is 5.75 Å². The van der Waals surface area contributed by atoms with Crippen molar-refractivity contribution in [1.82, 2.24) is 5.32 Å². The number of aryl methyl sites for hydroxylation is 2. The molecule has 0 spiro atoms. The first-order valence-electron chi connectivity index (χ1n) is 5.58. The molecule has 0 heterocycles. The number of ether oxygens (including phenoxy) is 1. The standard InChI is InChI=1S/C13H17NO2/c1-8-6-11(12(16-3)7-9(8)2)13(15)14-10-4-5-10/h6-7,10H,4-5H2,1-3H3,(H,14,15). The number of carbonyl (C=O) groups is 1. The zero-order chi connectivity index (χ0) is 11.7. The smallest absolute Gasteiger partial charge is 0.255 e. The van der Waals surface area contributed by atoms with Gasteiger partial charge in [0, 0.05) is 6.04 Å². The van der Waals surface area contributed by atoms with Crippen molar-refractivity contribution in [3.63, 3.8) is 0 Å². The summed E-state index contributed by atoms with van der Waals surface area (Å²) in [5.74, 6) is 0.628. The Hall–Kier alpha value is -1.51. The van der Waals surface area contributed by atoms with Crippen LogP contribution in [0.3, 0.4) is 0 Å². The van der Waals surface area contributed by atoms with E-state index in [1.807, 2.05) is 26.0 Å². The number of nitrogens with one attached hydrogen (secondary N) is 1. The molecule has 1 aromatic rings. The molecule has 1 N–H and O–H groups in total. The average molecular weight is 219 g/mol. The molecule has 0 radical (unpaired) electrons. The number of carbonyl (C=O) groups excluding carboxylic acids is 1. The molecule has 0 aliphatic heterocycles. The lowest BCUT2D eigenvalue weighted by Crippen LogP contribution is -2.26. The van der Waals surface area contributed by atoms with Gasteiger partial charge in [0.25, 0.3) is 5.91 Å². The van der Waals surface area contributed by atoms with Crippen LogP contribution >= 0.6 is 0 Å². The Balaban J connectivity index is 2.29. The van der Waals surface area contributed by atoms with Crippen LogP contribution < -0.4 is 10.1 Å². The van der Waals surface area contributed by atoms with E-state index in [2.05, 4.69) is 5.32 Å². The third-order valence-electron chi connectivity index (χ3n) is 2.97. The molecule has 16 heavy (non-hydrogen) atoms. The minimum Gasteiger partial charge on any atom is -0.496 e. The Bertz CT molecular complexity index is 422. The summed E-state index contributed by atoms with van der Waals surface area (Å²) in [6.07, 6.45) is 2.19. The Kier molecular flexibility index (Phi) is 2.86. The van der Waals surface area contributed by atoms with Crippen LogP contribution in [0.4, 0.5) is 0 Å².